The minimum Gasteiger partial charge on any atom is -0.341 e. The topological polar surface area (TPSA) is 63.9 Å². The molecule has 6 nitrogen and oxygen atoms in total. The third-order valence-corrected chi connectivity index (χ3v) is 5.48. The number of rotatable bonds is 4. The molecule has 2 atom stereocenters. The monoisotopic (exact) mass is 359 g/mol. The van der Waals surface area contributed by atoms with Gasteiger partial charge < -0.3 is 4.90 Å². The van der Waals surface area contributed by atoms with Crippen LogP contribution in [0.3, 0.4) is 0 Å². The normalized spacial score (nSPS) is 20.7. The molecule has 1 aromatic heterocycles. The predicted octanol–water partition coefficient (Wildman–Crippen LogP) is 2.88. The van der Waals surface area contributed by atoms with Crippen molar-refractivity contribution in [3.63, 3.8) is 0 Å². The minimum atomic E-state index is 0.166. The van der Waals surface area contributed by atoms with Crippen molar-refractivity contribution < 1.29 is 4.79 Å². The Morgan fingerprint density at radius 2 is 1.96 bits per heavy atom. The summed E-state index contributed by atoms with van der Waals surface area (Å²) in [5.41, 5.74) is 3.21. The maximum absolute atomic E-state index is 12.6. The van der Waals surface area contributed by atoms with Gasteiger partial charge in [0.05, 0.1) is 11.4 Å². The summed E-state index contributed by atoms with van der Waals surface area (Å²) in [6.07, 6.45) is 1.20. The molecule has 1 saturated heterocycles. The summed E-state index contributed by atoms with van der Waals surface area (Å²) in [4.78, 5) is 14.6. The zero-order valence-corrected chi connectivity index (χ0v) is 16.1. The first-order valence-corrected chi connectivity index (χ1v) is 9.69. The maximum Gasteiger partial charge on any atom is 0.233 e. The van der Waals surface area contributed by atoms with E-state index in [-0.39, 0.29) is 5.91 Å². The Kier molecular flexibility index (Phi) is 5.42. The summed E-state index contributed by atoms with van der Waals surface area (Å²) in [5, 5.41) is 12.7. The molecule has 134 valence electrons. The first-order valence-electron chi connectivity index (χ1n) is 8.70. The highest BCUT2D eigenvalue weighted by atomic mass is 32.2. The lowest BCUT2D eigenvalue weighted by atomic mass is 9.92. The molecule has 0 spiro atoms. The number of tetrazole rings is 1. The predicted molar refractivity (Wildman–Crippen MR) is 98.9 cm³/mol. The fraction of sp³-hybridized carbons (Fsp3) is 0.556. The second-order valence-electron chi connectivity index (χ2n) is 7.20. The number of piperidine rings is 1. The van der Waals surface area contributed by atoms with Crippen molar-refractivity contribution in [1.29, 1.82) is 0 Å². The lowest BCUT2D eigenvalue weighted by Crippen LogP contribution is -2.43. The van der Waals surface area contributed by atoms with Gasteiger partial charge in [0, 0.05) is 13.1 Å². The average molecular weight is 359 g/mol. The lowest BCUT2D eigenvalue weighted by molar-refractivity contribution is -0.130. The van der Waals surface area contributed by atoms with Crippen LogP contribution >= 0.6 is 11.8 Å². The van der Waals surface area contributed by atoms with Crippen LogP contribution in [0.1, 0.15) is 31.4 Å². The van der Waals surface area contributed by atoms with E-state index in [1.165, 1.54) is 18.2 Å². The third-order valence-electron chi connectivity index (χ3n) is 4.58. The van der Waals surface area contributed by atoms with Crippen molar-refractivity contribution in [1.82, 2.24) is 25.1 Å². The number of hydrogen-bond donors (Lipinski definition) is 0. The SMILES string of the molecule is Cc1ccc(C)c(-n2nnnc2SCC(=O)N2C[C@H](C)C[C@@H](C)C2)c1. The van der Waals surface area contributed by atoms with Gasteiger partial charge in [0.1, 0.15) is 0 Å². The number of carbonyl (C=O) groups is 1. The van der Waals surface area contributed by atoms with E-state index in [4.69, 9.17) is 0 Å². The summed E-state index contributed by atoms with van der Waals surface area (Å²) in [6, 6.07) is 6.19. The Morgan fingerprint density at radius 1 is 1.24 bits per heavy atom. The van der Waals surface area contributed by atoms with Gasteiger partial charge in [0.25, 0.3) is 0 Å². The van der Waals surface area contributed by atoms with Crippen LogP contribution < -0.4 is 0 Å². The standard InChI is InChI=1S/C18H25N5OS/c1-12-5-6-15(4)16(8-12)23-18(19-20-21-23)25-11-17(24)22-9-13(2)7-14(3)10-22/h5-6,8,13-14H,7,9-11H2,1-4H3/t13-,14-/m1/s1. The van der Waals surface area contributed by atoms with Gasteiger partial charge in [-0.15, -0.1) is 5.10 Å². The lowest BCUT2D eigenvalue weighted by Gasteiger charge is -2.34. The molecule has 2 heterocycles. The summed E-state index contributed by atoms with van der Waals surface area (Å²) >= 11 is 1.40. The van der Waals surface area contributed by atoms with E-state index < -0.39 is 0 Å². The molecule has 1 fully saturated rings. The highest BCUT2D eigenvalue weighted by molar-refractivity contribution is 7.99. The van der Waals surface area contributed by atoms with E-state index in [1.807, 2.05) is 18.7 Å². The number of aryl methyl sites for hydroxylation is 2. The fourth-order valence-electron chi connectivity index (χ4n) is 3.45. The zero-order valence-electron chi connectivity index (χ0n) is 15.3. The van der Waals surface area contributed by atoms with Gasteiger partial charge in [-0.3, -0.25) is 4.79 Å². The van der Waals surface area contributed by atoms with Gasteiger partial charge in [0.15, 0.2) is 0 Å². The minimum absolute atomic E-state index is 0.166. The zero-order chi connectivity index (χ0) is 18.0. The number of benzene rings is 1. The fourth-order valence-corrected chi connectivity index (χ4v) is 4.24. The molecule has 0 bridgehead atoms. The Balaban J connectivity index is 1.70. The maximum atomic E-state index is 12.6. The summed E-state index contributed by atoms with van der Waals surface area (Å²) in [7, 11) is 0. The third kappa shape index (κ3) is 4.21. The van der Waals surface area contributed by atoms with Crippen LogP contribution in [0.15, 0.2) is 23.4 Å². The number of amides is 1. The van der Waals surface area contributed by atoms with E-state index in [0.717, 1.165) is 29.9 Å². The summed E-state index contributed by atoms with van der Waals surface area (Å²) in [5.74, 6) is 1.67. The molecule has 1 aromatic carbocycles. The Morgan fingerprint density at radius 3 is 2.68 bits per heavy atom. The molecule has 0 unspecified atom stereocenters. The van der Waals surface area contributed by atoms with E-state index >= 15 is 0 Å². The molecule has 1 aliphatic rings. The van der Waals surface area contributed by atoms with Crippen molar-refractivity contribution in [2.24, 2.45) is 11.8 Å². The summed E-state index contributed by atoms with van der Waals surface area (Å²) in [6.45, 7) is 10.2. The Hall–Kier alpha value is -1.89. The second kappa shape index (κ2) is 7.56. The molecule has 0 aliphatic carbocycles. The van der Waals surface area contributed by atoms with Crippen molar-refractivity contribution >= 4 is 17.7 Å². The van der Waals surface area contributed by atoms with Crippen LogP contribution in [-0.2, 0) is 4.79 Å². The Bertz CT molecular complexity index is 750. The number of nitrogens with zero attached hydrogens (tertiary/aromatic N) is 5. The number of likely N-dealkylation sites (tertiary alicyclic amines) is 1. The van der Waals surface area contributed by atoms with Gasteiger partial charge in [-0.05, 0) is 59.7 Å². The molecular formula is C18H25N5OS. The van der Waals surface area contributed by atoms with Gasteiger partial charge in [-0.2, -0.15) is 4.68 Å². The number of aromatic nitrogens is 4. The molecular weight excluding hydrogens is 334 g/mol. The van der Waals surface area contributed by atoms with Crippen LogP contribution in [0.5, 0.6) is 0 Å². The quantitative estimate of drug-likeness (QED) is 0.786. The number of hydrogen-bond acceptors (Lipinski definition) is 5. The van der Waals surface area contributed by atoms with Crippen LogP contribution in [0.4, 0.5) is 0 Å². The van der Waals surface area contributed by atoms with Crippen molar-refractivity contribution in [2.45, 2.75) is 39.3 Å². The molecule has 0 radical (unpaired) electrons. The van der Waals surface area contributed by atoms with Gasteiger partial charge >= 0.3 is 0 Å². The van der Waals surface area contributed by atoms with Crippen molar-refractivity contribution in [3.8, 4) is 5.69 Å². The van der Waals surface area contributed by atoms with E-state index in [1.54, 1.807) is 4.68 Å². The Labute approximate surface area is 153 Å². The molecule has 25 heavy (non-hydrogen) atoms. The van der Waals surface area contributed by atoms with Crippen molar-refractivity contribution in [2.75, 3.05) is 18.8 Å². The number of carbonyl (C=O) groups excluding carboxylic acids is 1. The largest absolute Gasteiger partial charge is 0.341 e. The van der Waals surface area contributed by atoms with Crippen molar-refractivity contribution in [3.05, 3.63) is 29.3 Å². The van der Waals surface area contributed by atoms with E-state index in [0.29, 0.717) is 22.7 Å². The molecule has 0 N–H and O–H groups in total. The number of thioether (sulfide) groups is 1. The highest BCUT2D eigenvalue weighted by Crippen LogP contribution is 2.24. The molecule has 2 aromatic rings. The molecule has 3 rings (SSSR count). The van der Waals surface area contributed by atoms with Gasteiger partial charge in [-0.25, -0.2) is 0 Å². The van der Waals surface area contributed by atoms with Crippen LogP contribution in [-0.4, -0.2) is 49.9 Å². The van der Waals surface area contributed by atoms with Crippen LogP contribution in [0, 0.1) is 25.7 Å². The summed E-state index contributed by atoms with van der Waals surface area (Å²) < 4.78 is 1.72. The second-order valence-corrected chi connectivity index (χ2v) is 8.14. The smallest absolute Gasteiger partial charge is 0.233 e. The van der Waals surface area contributed by atoms with E-state index in [2.05, 4.69) is 47.6 Å². The highest BCUT2D eigenvalue weighted by Gasteiger charge is 2.25. The first kappa shape index (κ1) is 17.9. The molecule has 1 aliphatic heterocycles. The molecule has 1 amide bonds. The van der Waals surface area contributed by atoms with Gasteiger partial charge in [-0.1, -0.05) is 37.7 Å². The van der Waals surface area contributed by atoms with Gasteiger partial charge in [0.2, 0.25) is 11.1 Å². The van der Waals surface area contributed by atoms with E-state index in [9.17, 15) is 4.79 Å². The average Bonchev–Trinajstić information content (AvgIpc) is 3.02. The van der Waals surface area contributed by atoms with Crippen LogP contribution in [0.2, 0.25) is 0 Å². The van der Waals surface area contributed by atoms with Crippen LogP contribution in [0.25, 0.3) is 5.69 Å². The molecule has 0 saturated carbocycles. The first-order chi connectivity index (χ1) is 11.9. The molecule has 7 heteroatoms.